The molecule has 21 heavy (non-hydrogen) atoms. The maximum Gasteiger partial charge on any atom is 0.160 e. The molecule has 0 fully saturated rings. The van der Waals surface area contributed by atoms with Crippen molar-refractivity contribution in [3.8, 4) is 16.3 Å². The number of rotatable bonds is 2. The van der Waals surface area contributed by atoms with Gasteiger partial charge in [0, 0.05) is 9.90 Å². The van der Waals surface area contributed by atoms with Crippen molar-refractivity contribution < 1.29 is 0 Å². The smallest absolute Gasteiger partial charge is 0.160 e. The van der Waals surface area contributed by atoms with E-state index in [2.05, 4.69) is 26.2 Å². The van der Waals surface area contributed by atoms with Crippen LogP contribution in [-0.4, -0.2) is 24.7 Å². The van der Waals surface area contributed by atoms with Gasteiger partial charge in [0.15, 0.2) is 5.82 Å². The summed E-state index contributed by atoms with van der Waals surface area (Å²) in [4.78, 5) is 9.79. The molecule has 1 aromatic carbocycles. The van der Waals surface area contributed by atoms with Gasteiger partial charge in [-0.25, -0.2) is 9.97 Å². The largest absolute Gasteiger partial charge is 0.271 e. The summed E-state index contributed by atoms with van der Waals surface area (Å²) in [6.07, 6.45) is 4.81. The van der Waals surface area contributed by atoms with E-state index in [1.807, 2.05) is 24.3 Å². The topological polar surface area (TPSA) is 56.5 Å². The average molecular weight is 314 g/mol. The molecule has 0 aliphatic carbocycles. The van der Waals surface area contributed by atoms with Gasteiger partial charge in [0.05, 0.1) is 10.2 Å². The number of thiophene rings is 1. The Morgan fingerprint density at radius 3 is 2.52 bits per heavy atom. The first-order chi connectivity index (χ1) is 10.3. The summed E-state index contributed by atoms with van der Waals surface area (Å²) in [5, 5.41) is 8.37. The maximum absolute atomic E-state index is 5.93. The van der Waals surface area contributed by atoms with Crippen LogP contribution in [-0.2, 0) is 0 Å². The van der Waals surface area contributed by atoms with Crippen molar-refractivity contribution in [1.29, 1.82) is 0 Å². The second-order valence-electron chi connectivity index (χ2n) is 4.40. The molecule has 102 valence electrons. The fraction of sp³-hybridized carbons (Fsp3) is 0. The molecule has 3 aromatic heterocycles. The van der Waals surface area contributed by atoms with Gasteiger partial charge in [-0.3, -0.25) is 4.57 Å². The highest BCUT2D eigenvalue weighted by Gasteiger charge is 2.11. The third-order valence-electron chi connectivity index (χ3n) is 3.08. The number of nitrogens with zero attached hydrogens (tertiary/aromatic N) is 5. The third kappa shape index (κ3) is 2.18. The van der Waals surface area contributed by atoms with E-state index >= 15 is 0 Å². The van der Waals surface area contributed by atoms with E-state index < -0.39 is 0 Å². The van der Waals surface area contributed by atoms with Gasteiger partial charge in [0.25, 0.3) is 0 Å². The molecule has 0 N–H and O–H groups in total. The van der Waals surface area contributed by atoms with E-state index in [-0.39, 0.29) is 0 Å². The molecule has 0 bridgehead atoms. The Kier molecular flexibility index (Phi) is 2.90. The normalized spacial score (nSPS) is 11.1. The standard InChI is InChI=1S/C14H8ClN5S/c15-10-3-1-9(2-4-10)12-5-11-13(21-12)14(17-6-16-11)20-7-18-19-8-20/h1-8H. The van der Waals surface area contributed by atoms with E-state index in [0.717, 1.165) is 31.5 Å². The minimum absolute atomic E-state index is 0.727. The Morgan fingerprint density at radius 2 is 1.76 bits per heavy atom. The van der Waals surface area contributed by atoms with E-state index in [4.69, 9.17) is 11.6 Å². The quantitative estimate of drug-likeness (QED) is 0.567. The summed E-state index contributed by atoms with van der Waals surface area (Å²) >= 11 is 7.57. The second kappa shape index (κ2) is 4.91. The van der Waals surface area contributed by atoms with Crippen molar-refractivity contribution in [2.24, 2.45) is 0 Å². The highest BCUT2D eigenvalue weighted by atomic mass is 35.5. The Hall–Kier alpha value is -2.31. The lowest BCUT2D eigenvalue weighted by atomic mass is 10.2. The van der Waals surface area contributed by atoms with Crippen LogP contribution in [0.5, 0.6) is 0 Å². The predicted octanol–water partition coefficient (Wildman–Crippen LogP) is 3.59. The zero-order chi connectivity index (χ0) is 14.2. The van der Waals surface area contributed by atoms with E-state index in [9.17, 15) is 0 Å². The van der Waals surface area contributed by atoms with Crippen LogP contribution in [0.4, 0.5) is 0 Å². The van der Waals surface area contributed by atoms with Crippen LogP contribution in [0.3, 0.4) is 0 Å². The monoisotopic (exact) mass is 313 g/mol. The zero-order valence-electron chi connectivity index (χ0n) is 10.6. The van der Waals surface area contributed by atoms with Crippen LogP contribution in [0, 0.1) is 0 Å². The molecule has 7 heteroatoms. The first-order valence-corrected chi connectivity index (χ1v) is 7.36. The van der Waals surface area contributed by atoms with Crippen molar-refractivity contribution >= 4 is 33.2 Å². The van der Waals surface area contributed by atoms with Crippen molar-refractivity contribution in [1.82, 2.24) is 24.7 Å². The van der Waals surface area contributed by atoms with Gasteiger partial charge in [-0.05, 0) is 23.8 Å². The summed E-state index contributed by atoms with van der Waals surface area (Å²) in [5.74, 6) is 0.787. The number of aromatic nitrogens is 5. The molecule has 0 aliphatic rings. The minimum Gasteiger partial charge on any atom is -0.271 e. The van der Waals surface area contributed by atoms with Gasteiger partial charge in [-0.15, -0.1) is 21.5 Å². The number of hydrogen-bond acceptors (Lipinski definition) is 5. The van der Waals surface area contributed by atoms with Gasteiger partial charge in [-0.2, -0.15) is 0 Å². The van der Waals surface area contributed by atoms with Gasteiger partial charge in [-0.1, -0.05) is 23.7 Å². The lowest BCUT2D eigenvalue weighted by Crippen LogP contribution is -1.94. The highest BCUT2D eigenvalue weighted by molar-refractivity contribution is 7.22. The van der Waals surface area contributed by atoms with Crippen LogP contribution in [0.2, 0.25) is 5.02 Å². The summed E-state index contributed by atoms with van der Waals surface area (Å²) in [6, 6.07) is 9.82. The average Bonchev–Trinajstić information content (AvgIpc) is 3.17. The Morgan fingerprint density at radius 1 is 1.00 bits per heavy atom. The molecule has 4 rings (SSSR count). The summed E-state index contributed by atoms with van der Waals surface area (Å²) in [5.41, 5.74) is 2.01. The fourth-order valence-corrected chi connectivity index (χ4v) is 3.33. The molecule has 0 aliphatic heterocycles. The maximum atomic E-state index is 5.93. The van der Waals surface area contributed by atoms with Crippen molar-refractivity contribution in [2.45, 2.75) is 0 Å². The molecule has 0 unspecified atom stereocenters. The van der Waals surface area contributed by atoms with Crippen LogP contribution in [0.1, 0.15) is 0 Å². The minimum atomic E-state index is 0.727. The number of fused-ring (bicyclic) bond motifs is 1. The molecule has 0 saturated carbocycles. The van der Waals surface area contributed by atoms with E-state index in [1.54, 1.807) is 34.9 Å². The van der Waals surface area contributed by atoms with E-state index in [0.29, 0.717) is 0 Å². The van der Waals surface area contributed by atoms with Crippen LogP contribution < -0.4 is 0 Å². The molecule has 0 spiro atoms. The molecule has 0 atom stereocenters. The number of hydrogen-bond donors (Lipinski definition) is 0. The fourth-order valence-electron chi connectivity index (χ4n) is 2.09. The summed E-state index contributed by atoms with van der Waals surface area (Å²) < 4.78 is 2.79. The lowest BCUT2D eigenvalue weighted by Gasteiger charge is -1.99. The number of halogens is 1. The Labute approximate surface area is 128 Å². The first kappa shape index (κ1) is 12.4. The third-order valence-corrected chi connectivity index (χ3v) is 4.51. The van der Waals surface area contributed by atoms with Crippen LogP contribution in [0.15, 0.2) is 49.3 Å². The first-order valence-electron chi connectivity index (χ1n) is 6.17. The molecule has 3 heterocycles. The molecule has 4 aromatic rings. The molecule has 5 nitrogen and oxygen atoms in total. The number of benzene rings is 1. The van der Waals surface area contributed by atoms with E-state index in [1.165, 1.54) is 0 Å². The Balaban J connectivity index is 1.90. The SMILES string of the molecule is Clc1ccc(-c2cc3ncnc(-n4cnnc4)c3s2)cc1. The van der Waals surface area contributed by atoms with Crippen LogP contribution >= 0.6 is 22.9 Å². The van der Waals surface area contributed by atoms with Crippen molar-refractivity contribution in [2.75, 3.05) is 0 Å². The lowest BCUT2D eigenvalue weighted by molar-refractivity contribution is 0.994. The molecular weight excluding hydrogens is 306 g/mol. The summed E-state index contributed by atoms with van der Waals surface area (Å²) in [6.45, 7) is 0. The summed E-state index contributed by atoms with van der Waals surface area (Å²) in [7, 11) is 0. The van der Waals surface area contributed by atoms with Crippen LogP contribution in [0.25, 0.3) is 26.5 Å². The molecular formula is C14H8ClN5S. The van der Waals surface area contributed by atoms with Gasteiger partial charge >= 0.3 is 0 Å². The highest BCUT2D eigenvalue weighted by Crippen LogP contribution is 2.35. The second-order valence-corrected chi connectivity index (χ2v) is 5.89. The molecule has 0 radical (unpaired) electrons. The molecule has 0 saturated heterocycles. The van der Waals surface area contributed by atoms with Crippen molar-refractivity contribution in [3.63, 3.8) is 0 Å². The zero-order valence-corrected chi connectivity index (χ0v) is 12.2. The van der Waals surface area contributed by atoms with Gasteiger partial charge < -0.3 is 0 Å². The predicted molar refractivity (Wildman–Crippen MR) is 82.8 cm³/mol. The van der Waals surface area contributed by atoms with Gasteiger partial charge in [0.2, 0.25) is 0 Å². The Bertz CT molecular complexity index is 899. The molecule has 0 amide bonds. The van der Waals surface area contributed by atoms with Gasteiger partial charge in [0.1, 0.15) is 19.0 Å². The van der Waals surface area contributed by atoms with Crippen molar-refractivity contribution in [3.05, 3.63) is 54.3 Å².